The molecule has 0 aromatic heterocycles. The first-order valence-corrected chi connectivity index (χ1v) is 2.46. The minimum Gasteiger partial charge on any atom is -0.394 e. The number of aliphatic hydroxyl groups excluding tert-OH is 3. The Morgan fingerprint density at radius 2 is 1.44 bits per heavy atom. The average Bonchev–Trinajstić information content (AvgIpc) is 1.95. The fourth-order valence-corrected chi connectivity index (χ4v) is 0.256. The molecule has 4 N–H and O–H groups in total. The standard InChI is InChI=1S/C4H10N2O3/c5-6-4(1-7,2-8)3-9/h5,7-9H,1-3H2. The second-order valence-electron chi connectivity index (χ2n) is 1.81. The van der Waals surface area contributed by atoms with Crippen molar-refractivity contribution in [3.05, 3.63) is 0 Å². The second-order valence-corrected chi connectivity index (χ2v) is 1.81. The summed E-state index contributed by atoms with van der Waals surface area (Å²) in [4.78, 5) is 0. The van der Waals surface area contributed by atoms with Gasteiger partial charge in [0.2, 0.25) is 0 Å². The number of nitrogens with zero attached hydrogens (tertiary/aromatic N) is 1. The van der Waals surface area contributed by atoms with E-state index in [0.717, 1.165) is 0 Å². The largest absolute Gasteiger partial charge is 0.394 e. The zero-order valence-electron chi connectivity index (χ0n) is 4.91. The van der Waals surface area contributed by atoms with Crippen molar-refractivity contribution in [3.8, 4) is 0 Å². The molecule has 0 spiro atoms. The van der Waals surface area contributed by atoms with Crippen LogP contribution in [0.25, 0.3) is 0 Å². The van der Waals surface area contributed by atoms with E-state index in [4.69, 9.17) is 20.9 Å². The van der Waals surface area contributed by atoms with E-state index in [1.54, 1.807) is 0 Å². The second kappa shape index (κ2) is 3.49. The van der Waals surface area contributed by atoms with E-state index < -0.39 is 25.4 Å². The molecule has 0 aliphatic rings. The van der Waals surface area contributed by atoms with Crippen LogP contribution in [0.2, 0.25) is 0 Å². The molecule has 0 atom stereocenters. The van der Waals surface area contributed by atoms with Crippen LogP contribution in [-0.2, 0) is 0 Å². The Hall–Kier alpha value is -0.520. The van der Waals surface area contributed by atoms with Gasteiger partial charge in [0.05, 0.1) is 19.8 Å². The number of rotatable bonds is 4. The van der Waals surface area contributed by atoms with Gasteiger partial charge < -0.3 is 15.3 Å². The summed E-state index contributed by atoms with van der Waals surface area (Å²) in [5, 5.41) is 28.2. The molecule has 0 bridgehead atoms. The summed E-state index contributed by atoms with van der Waals surface area (Å²) in [5.41, 5.74) is 5.08. The van der Waals surface area contributed by atoms with Gasteiger partial charge in [0, 0.05) is 0 Å². The first-order chi connectivity index (χ1) is 4.24. The molecule has 0 aliphatic heterocycles. The molecule has 0 aromatic rings. The van der Waals surface area contributed by atoms with Crippen LogP contribution >= 0.6 is 0 Å². The summed E-state index contributed by atoms with van der Waals surface area (Å²) >= 11 is 0. The Labute approximate surface area is 52.5 Å². The molecule has 0 aliphatic carbocycles. The van der Waals surface area contributed by atoms with Crippen LogP contribution in [0.1, 0.15) is 0 Å². The van der Waals surface area contributed by atoms with Gasteiger partial charge >= 0.3 is 0 Å². The van der Waals surface area contributed by atoms with Crippen molar-refractivity contribution < 1.29 is 15.3 Å². The lowest BCUT2D eigenvalue weighted by atomic mass is 10.1. The zero-order chi connectivity index (χ0) is 7.33. The highest BCUT2D eigenvalue weighted by Crippen LogP contribution is 2.06. The molecule has 5 nitrogen and oxygen atoms in total. The van der Waals surface area contributed by atoms with Crippen molar-refractivity contribution in [1.29, 1.82) is 5.53 Å². The number of aliphatic hydroxyl groups is 3. The normalized spacial score (nSPS) is 11.4. The molecular weight excluding hydrogens is 124 g/mol. The molecule has 5 heteroatoms. The third-order valence-corrected chi connectivity index (χ3v) is 1.12. The molecule has 0 radical (unpaired) electrons. The first kappa shape index (κ1) is 8.48. The molecule has 0 rings (SSSR count). The molecule has 54 valence electrons. The molecule has 0 fully saturated rings. The minimum absolute atomic E-state index is 0.510. The summed E-state index contributed by atoms with van der Waals surface area (Å²) in [6.07, 6.45) is 0. The fraction of sp³-hybridized carbons (Fsp3) is 1.00. The van der Waals surface area contributed by atoms with Gasteiger partial charge in [-0.05, 0) is 0 Å². The van der Waals surface area contributed by atoms with Crippen molar-refractivity contribution in [2.24, 2.45) is 5.11 Å². The molecule has 0 amide bonds. The van der Waals surface area contributed by atoms with Gasteiger partial charge in [0.25, 0.3) is 0 Å². The Kier molecular flexibility index (Phi) is 3.29. The lowest BCUT2D eigenvalue weighted by Crippen LogP contribution is -2.38. The van der Waals surface area contributed by atoms with E-state index in [9.17, 15) is 0 Å². The SMILES string of the molecule is N=NC(CO)(CO)CO. The van der Waals surface area contributed by atoms with E-state index in [1.165, 1.54) is 0 Å². The predicted octanol–water partition coefficient (Wildman–Crippen LogP) is -1.27. The highest BCUT2D eigenvalue weighted by atomic mass is 16.3. The van der Waals surface area contributed by atoms with Crippen LogP contribution in [0, 0.1) is 5.53 Å². The predicted molar refractivity (Wildman–Crippen MR) is 29.1 cm³/mol. The molecule has 0 unspecified atom stereocenters. The number of hydrogen-bond acceptors (Lipinski definition) is 5. The van der Waals surface area contributed by atoms with Gasteiger partial charge in [-0.1, -0.05) is 0 Å². The van der Waals surface area contributed by atoms with Crippen molar-refractivity contribution in [2.75, 3.05) is 19.8 Å². The Bertz CT molecular complexity index is 83.5. The lowest BCUT2D eigenvalue weighted by Gasteiger charge is -2.18. The molecule has 0 saturated heterocycles. The van der Waals surface area contributed by atoms with Crippen molar-refractivity contribution >= 4 is 0 Å². The topological polar surface area (TPSA) is 96.9 Å². The Balaban J connectivity index is 3.98. The molecule has 0 aromatic carbocycles. The average molecular weight is 134 g/mol. The van der Waals surface area contributed by atoms with Gasteiger partial charge in [-0.2, -0.15) is 5.11 Å². The Morgan fingerprint density at radius 1 is 1.11 bits per heavy atom. The van der Waals surface area contributed by atoms with E-state index in [-0.39, 0.29) is 0 Å². The molecule has 9 heavy (non-hydrogen) atoms. The quantitative estimate of drug-likeness (QED) is 0.361. The summed E-state index contributed by atoms with van der Waals surface area (Å²) in [7, 11) is 0. The zero-order valence-corrected chi connectivity index (χ0v) is 4.91. The highest BCUT2D eigenvalue weighted by Gasteiger charge is 2.26. The summed E-state index contributed by atoms with van der Waals surface area (Å²) in [6.45, 7) is -1.53. The number of hydrogen-bond donors (Lipinski definition) is 4. The lowest BCUT2D eigenvalue weighted by molar-refractivity contribution is 0.0648. The molecule has 0 heterocycles. The van der Waals surface area contributed by atoms with Gasteiger partial charge in [0.1, 0.15) is 5.54 Å². The smallest absolute Gasteiger partial charge is 0.150 e. The highest BCUT2D eigenvalue weighted by molar-refractivity contribution is 4.83. The van der Waals surface area contributed by atoms with Crippen LogP contribution in [0.5, 0.6) is 0 Å². The van der Waals surface area contributed by atoms with Crippen LogP contribution in [0.3, 0.4) is 0 Å². The Morgan fingerprint density at radius 3 is 1.44 bits per heavy atom. The van der Waals surface area contributed by atoms with Gasteiger partial charge in [-0.3, -0.25) is 0 Å². The maximum atomic E-state index is 8.44. The van der Waals surface area contributed by atoms with E-state index in [1.807, 2.05) is 0 Å². The van der Waals surface area contributed by atoms with Crippen LogP contribution < -0.4 is 0 Å². The first-order valence-electron chi connectivity index (χ1n) is 2.46. The van der Waals surface area contributed by atoms with Gasteiger partial charge in [-0.25, -0.2) is 5.53 Å². The van der Waals surface area contributed by atoms with E-state index in [2.05, 4.69) is 5.11 Å². The van der Waals surface area contributed by atoms with Crippen molar-refractivity contribution in [1.82, 2.24) is 0 Å². The van der Waals surface area contributed by atoms with Gasteiger partial charge in [0.15, 0.2) is 0 Å². The third kappa shape index (κ3) is 1.70. The molecule has 0 saturated carbocycles. The fourth-order valence-electron chi connectivity index (χ4n) is 0.256. The van der Waals surface area contributed by atoms with Crippen molar-refractivity contribution in [2.45, 2.75) is 5.54 Å². The number of nitrogens with one attached hydrogen (secondary N) is 1. The summed E-state index contributed by atoms with van der Waals surface area (Å²) < 4.78 is 0. The molecular formula is C4H10N2O3. The van der Waals surface area contributed by atoms with Crippen molar-refractivity contribution in [3.63, 3.8) is 0 Å². The minimum atomic E-state index is -1.38. The van der Waals surface area contributed by atoms with E-state index in [0.29, 0.717) is 0 Å². The summed E-state index contributed by atoms with van der Waals surface area (Å²) in [6, 6.07) is 0. The van der Waals surface area contributed by atoms with Crippen LogP contribution in [0.4, 0.5) is 0 Å². The maximum Gasteiger partial charge on any atom is 0.150 e. The monoisotopic (exact) mass is 134 g/mol. The van der Waals surface area contributed by atoms with Crippen LogP contribution in [0.15, 0.2) is 5.11 Å². The van der Waals surface area contributed by atoms with Gasteiger partial charge in [-0.15, -0.1) is 0 Å². The van der Waals surface area contributed by atoms with Crippen LogP contribution in [-0.4, -0.2) is 40.7 Å². The summed E-state index contributed by atoms with van der Waals surface area (Å²) in [5.74, 6) is 0. The maximum absolute atomic E-state index is 8.44. The van der Waals surface area contributed by atoms with E-state index >= 15 is 0 Å². The third-order valence-electron chi connectivity index (χ3n) is 1.12.